The maximum Gasteiger partial charge on any atom is 0.258 e. The Labute approximate surface area is 225 Å². The van der Waals surface area contributed by atoms with Crippen LogP contribution in [-0.4, -0.2) is 41.9 Å². The topological polar surface area (TPSA) is 82.4 Å². The average molecular weight is 532 g/mol. The summed E-state index contributed by atoms with van der Waals surface area (Å²) in [7, 11) is 1.55. The van der Waals surface area contributed by atoms with Crippen molar-refractivity contribution in [3.05, 3.63) is 111 Å². The molecule has 2 aliphatic heterocycles. The maximum atomic E-state index is 13.9. The first-order valence-corrected chi connectivity index (χ1v) is 12.5. The number of methoxy groups -OCH3 is 1. The van der Waals surface area contributed by atoms with Gasteiger partial charge in [-0.3, -0.25) is 9.59 Å². The summed E-state index contributed by atoms with van der Waals surface area (Å²) in [5.41, 5.74) is 2.20. The molecule has 2 aliphatic rings. The van der Waals surface area contributed by atoms with E-state index in [-0.39, 0.29) is 17.9 Å². The van der Waals surface area contributed by atoms with Crippen molar-refractivity contribution in [3.8, 4) is 6.07 Å². The Kier molecular flexibility index (Phi) is 6.68. The third-order valence-corrected chi connectivity index (χ3v) is 7.36. The van der Waals surface area contributed by atoms with Crippen LogP contribution < -0.4 is 5.32 Å². The summed E-state index contributed by atoms with van der Waals surface area (Å²) in [6.45, 7) is 0.318. The quantitative estimate of drug-likeness (QED) is 0.470. The summed E-state index contributed by atoms with van der Waals surface area (Å²) in [6, 6.07) is 23.1. The number of hydrogen-bond acceptors (Lipinski definition) is 4. The highest BCUT2D eigenvalue weighted by Crippen LogP contribution is 2.49. The Morgan fingerprint density at radius 2 is 1.78 bits per heavy atom. The molecule has 0 aromatic heterocycles. The Morgan fingerprint density at radius 1 is 1.11 bits per heavy atom. The average Bonchev–Trinajstić information content (AvgIpc) is 3.35. The predicted molar refractivity (Wildman–Crippen MR) is 142 cm³/mol. The van der Waals surface area contributed by atoms with E-state index in [0.29, 0.717) is 57.5 Å². The number of nitriles is 1. The molecule has 0 radical (unpaired) electrons. The van der Waals surface area contributed by atoms with Crippen LogP contribution in [0.25, 0.3) is 5.57 Å². The van der Waals surface area contributed by atoms with Crippen LogP contribution in [0.2, 0.25) is 10.0 Å². The minimum atomic E-state index is -0.835. The fraction of sp³-hybridized carbons (Fsp3) is 0.207. The molecule has 3 aromatic carbocycles. The van der Waals surface area contributed by atoms with Gasteiger partial charge in [-0.05, 0) is 53.6 Å². The number of ether oxygens (including phenoxy) is 1. The van der Waals surface area contributed by atoms with Crippen molar-refractivity contribution in [2.24, 2.45) is 0 Å². The highest BCUT2D eigenvalue weighted by Gasteiger charge is 2.58. The first-order valence-electron chi connectivity index (χ1n) is 11.8. The zero-order valence-electron chi connectivity index (χ0n) is 20.0. The Morgan fingerprint density at radius 3 is 2.41 bits per heavy atom. The lowest BCUT2D eigenvalue weighted by Crippen LogP contribution is -2.45. The van der Waals surface area contributed by atoms with Crippen LogP contribution in [0.3, 0.4) is 0 Å². The smallest absolute Gasteiger partial charge is 0.258 e. The van der Waals surface area contributed by atoms with Gasteiger partial charge in [-0.1, -0.05) is 53.5 Å². The predicted octanol–water partition coefficient (Wildman–Crippen LogP) is 5.25. The molecule has 1 fully saturated rings. The molecule has 0 unspecified atom stereocenters. The van der Waals surface area contributed by atoms with Crippen molar-refractivity contribution in [3.63, 3.8) is 0 Å². The van der Waals surface area contributed by atoms with Crippen molar-refractivity contribution >= 4 is 40.6 Å². The molecule has 3 aromatic rings. The Hall–Kier alpha value is -3.79. The lowest BCUT2D eigenvalue weighted by Gasteiger charge is -2.34. The Bertz CT molecular complexity index is 1430. The van der Waals surface area contributed by atoms with Gasteiger partial charge in [-0.15, -0.1) is 0 Å². The molecule has 37 heavy (non-hydrogen) atoms. The third-order valence-electron chi connectivity index (χ3n) is 6.92. The number of hydrogen-bond donors (Lipinski definition) is 1. The molecule has 0 bridgehead atoms. The van der Waals surface area contributed by atoms with E-state index >= 15 is 0 Å². The molecule has 2 atom stereocenters. The second kappa shape index (κ2) is 9.93. The van der Waals surface area contributed by atoms with E-state index in [1.165, 1.54) is 0 Å². The minimum absolute atomic E-state index is 0.197. The van der Waals surface area contributed by atoms with E-state index < -0.39 is 5.54 Å². The summed E-state index contributed by atoms with van der Waals surface area (Å²) in [5.74, 6) is 0.106. The van der Waals surface area contributed by atoms with Gasteiger partial charge in [0.15, 0.2) is 0 Å². The summed E-state index contributed by atoms with van der Waals surface area (Å²) in [4.78, 5) is 28.6. The molecule has 0 saturated carbocycles. The van der Waals surface area contributed by atoms with Gasteiger partial charge >= 0.3 is 0 Å². The van der Waals surface area contributed by atoms with E-state index in [0.717, 1.165) is 5.56 Å². The van der Waals surface area contributed by atoms with Crippen LogP contribution in [0.15, 0.2) is 78.6 Å². The second-order valence-electron chi connectivity index (χ2n) is 9.24. The largest absolute Gasteiger partial charge is 0.498 e. The minimum Gasteiger partial charge on any atom is -0.498 e. The second-order valence-corrected chi connectivity index (χ2v) is 10.1. The molecule has 2 heterocycles. The fourth-order valence-corrected chi connectivity index (χ4v) is 5.94. The van der Waals surface area contributed by atoms with Gasteiger partial charge in [-0.25, -0.2) is 0 Å². The van der Waals surface area contributed by atoms with Gasteiger partial charge in [0.25, 0.3) is 11.8 Å². The summed E-state index contributed by atoms with van der Waals surface area (Å²) < 4.78 is 5.97. The normalized spacial score (nSPS) is 20.5. The maximum absolute atomic E-state index is 13.9. The first-order chi connectivity index (χ1) is 17.8. The number of nitrogens with zero attached hydrogens (tertiary/aromatic N) is 2. The van der Waals surface area contributed by atoms with Crippen molar-refractivity contribution in [1.29, 1.82) is 5.26 Å². The molecular weight excluding hydrogens is 509 g/mol. The van der Waals surface area contributed by atoms with Gasteiger partial charge in [-0.2, -0.15) is 5.26 Å². The first kappa shape index (κ1) is 24.9. The zero-order chi connectivity index (χ0) is 26.2. The van der Waals surface area contributed by atoms with Gasteiger partial charge < -0.3 is 15.0 Å². The molecule has 1 N–H and O–H groups in total. The molecule has 6 nitrogen and oxygen atoms in total. The molecule has 2 amide bonds. The SMILES string of the molecule is COC1=C(c2cc(Cl)cc(Cl)c2)C(=O)N2C[C@@H](NC(=O)c3ccccc3)C[C@]12Cc1ccc(C#N)cc1. The molecule has 186 valence electrons. The van der Waals surface area contributed by atoms with Crippen molar-refractivity contribution in [1.82, 2.24) is 10.2 Å². The highest BCUT2D eigenvalue weighted by atomic mass is 35.5. The van der Waals surface area contributed by atoms with Crippen LogP contribution in [0.5, 0.6) is 0 Å². The monoisotopic (exact) mass is 531 g/mol. The number of benzene rings is 3. The van der Waals surface area contributed by atoms with Crippen molar-refractivity contribution < 1.29 is 14.3 Å². The number of rotatable bonds is 6. The van der Waals surface area contributed by atoms with Crippen LogP contribution >= 0.6 is 23.2 Å². The molecular formula is C29H23Cl2N3O3. The number of fused-ring (bicyclic) bond motifs is 1. The van der Waals surface area contributed by atoms with Crippen molar-refractivity contribution in [2.45, 2.75) is 24.4 Å². The number of carbonyl (C=O) groups is 2. The number of nitrogens with one attached hydrogen (secondary N) is 1. The molecule has 1 saturated heterocycles. The lowest BCUT2D eigenvalue weighted by atomic mass is 9.85. The molecule has 0 spiro atoms. The Balaban J connectivity index is 1.57. The number of carbonyl (C=O) groups excluding carboxylic acids is 2. The number of halogens is 2. The summed E-state index contributed by atoms with van der Waals surface area (Å²) in [5, 5.41) is 13.1. The third kappa shape index (κ3) is 4.57. The summed E-state index contributed by atoms with van der Waals surface area (Å²) in [6.07, 6.45) is 0.904. The lowest BCUT2D eigenvalue weighted by molar-refractivity contribution is -0.126. The summed E-state index contributed by atoms with van der Waals surface area (Å²) >= 11 is 12.5. The van der Waals surface area contributed by atoms with E-state index in [1.54, 1.807) is 54.5 Å². The van der Waals surface area contributed by atoms with Gasteiger partial charge in [0, 0.05) is 41.0 Å². The number of amides is 2. The fourth-order valence-electron chi connectivity index (χ4n) is 5.42. The van der Waals surface area contributed by atoms with E-state index in [9.17, 15) is 14.9 Å². The molecule has 5 rings (SSSR count). The van der Waals surface area contributed by atoms with Gasteiger partial charge in [0.1, 0.15) is 11.3 Å². The van der Waals surface area contributed by atoms with Gasteiger partial charge in [0.2, 0.25) is 0 Å². The van der Waals surface area contributed by atoms with Crippen LogP contribution in [-0.2, 0) is 16.0 Å². The highest BCUT2D eigenvalue weighted by molar-refractivity contribution is 6.35. The van der Waals surface area contributed by atoms with E-state index in [4.69, 9.17) is 27.9 Å². The standard InChI is InChI=1S/C29H23Cl2N3O3/c1-37-26-25(21-11-22(30)13-23(31)12-21)28(36)34-17-24(33-27(35)20-5-3-2-4-6-20)15-29(26,34)14-18-7-9-19(16-32)10-8-18/h2-13,24H,14-15,17H2,1H3,(H,33,35)/t24-,29+/m0/s1. The van der Waals surface area contributed by atoms with Gasteiger partial charge in [0.05, 0.1) is 24.3 Å². The van der Waals surface area contributed by atoms with Crippen LogP contribution in [0, 0.1) is 11.3 Å². The van der Waals surface area contributed by atoms with Crippen LogP contribution in [0.1, 0.15) is 33.5 Å². The van der Waals surface area contributed by atoms with Crippen molar-refractivity contribution in [2.75, 3.05) is 13.7 Å². The van der Waals surface area contributed by atoms with Crippen LogP contribution in [0.4, 0.5) is 0 Å². The van der Waals surface area contributed by atoms with E-state index in [1.807, 2.05) is 30.3 Å². The zero-order valence-corrected chi connectivity index (χ0v) is 21.5. The van der Waals surface area contributed by atoms with E-state index in [2.05, 4.69) is 11.4 Å². The molecule has 0 aliphatic carbocycles. The molecule has 8 heteroatoms.